The number of non-ortho nitro benzene ring substituents is 1. The molecule has 1 N–H and O–H groups in total. The molecule has 9 heteroatoms. The number of aromatic amines is 1. The number of rotatable bonds is 5. The second-order valence-electron chi connectivity index (χ2n) is 5.52. The van der Waals surface area contributed by atoms with Crippen LogP contribution in [0, 0.1) is 10.1 Å². The summed E-state index contributed by atoms with van der Waals surface area (Å²) in [6, 6.07) is 7.63. The highest BCUT2D eigenvalue weighted by molar-refractivity contribution is 7.17. The highest BCUT2D eigenvalue weighted by atomic mass is 32.1. The standard InChI is InChI=1S/C17H14N4O4S/c1-20(10-14-18-13-8-9-26-16(13)17(23)19-14)15(22)7-4-11-2-5-12(6-3-11)21(24)25/h2-9H,10H2,1H3,(H,18,19,23)/b7-4+. The molecule has 1 aromatic carbocycles. The molecule has 0 saturated heterocycles. The van der Waals surface area contributed by atoms with Gasteiger partial charge in [0.15, 0.2) is 0 Å². The zero-order valence-corrected chi connectivity index (χ0v) is 14.5. The summed E-state index contributed by atoms with van der Waals surface area (Å²) >= 11 is 1.32. The molecule has 0 radical (unpaired) electrons. The van der Waals surface area contributed by atoms with Gasteiger partial charge in [-0.05, 0) is 35.2 Å². The zero-order valence-electron chi connectivity index (χ0n) is 13.7. The van der Waals surface area contributed by atoms with Gasteiger partial charge < -0.3 is 9.88 Å². The van der Waals surface area contributed by atoms with Crippen LogP contribution in [0.15, 0.2) is 46.6 Å². The van der Waals surface area contributed by atoms with Crippen molar-refractivity contribution in [3.8, 4) is 0 Å². The molecule has 3 aromatic rings. The van der Waals surface area contributed by atoms with Crippen LogP contribution in [0.4, 0.5) is 5.69 Å². The van der Waals surface area contributed by atoms with E-state index in [0.717, 1.165) is 0 Å². The summed E-state index contributed by atoms with van der Waals surface area (Å²) in [5.41, 5.74) is 1.05. The van der Waals surface area contributed by atoms with Gasteiger partial charge in [0, 0.05) is 25.3 Å². The van der Waals surface area contributed by atoms with E-state index in [9.17, 15) is 19.7 Å². The van der Waals surface area contributed by atoms with Crippen molar-refractivity contribution >= 4 is 39.2 Å². The molecule has 8 nitrogen and oxygen atoms in total. The fourth-order valence-corrected chi connectivity index (χ4v) is 3.03. The first-order chi connectivity index (χ1) is 12.4. The van der Waals surface area contributed by atoms with Gasteiger partial charge in [-0.1, -0.05) is 0 Å². The molecule has 1 amide bonds. The summed E-state index contributed by atoms with van der Waals surface area (Å²) in [6.45, 7) is 0.157. The fourth-order valence-electron chi connectivity index (χ4n) is 2.30. The molecule has 2 aromatic heterocycles. The van der Waals surface area contributed by atoms with Gasteiger partial charge in [0.05, 0.1) is 17.0 Å². The number of fused-ring (bicyclic) bond motifs is 1. The molecule has 0 saturated carbocycles. The first kappa shape index (κ1) is 17.5. The molecule has 0 aliphatic rings. The average molecular weight is 370 g/mol. The first-order valence-electron chi connectivity index (χ1n) is 7.58. The lowest BCUT2D eigenvalue weighted by Crippen LogP contribution is -2.26. The lowest BCUT2D eigenvalue weighted by Gasteiger charge is -2.14. The van der Waals surface area contributed by atoms with Crippen LogP contribution in [0.1, 0.15) is 11.4 Å². The highest BCUT2D eigenvalue weighted by Crippen LogP contribution is 2.15. The normalized spacial score (nSPS) is 11.1. The van der Waals surface area contributed by atoms with Crippen LogP contribution in [0.3, 0.4) is 0 Å². The summed E-state index contributed by atoms with van der Waals surface area (Å²) in [7, 11) is 1.60. The predicted octanol–water partition coefficient (Wildman–Crippen LogP) is 2.56. The maximum atomic E-state index is 12.2. The largest absolute Gasteiger partial charge is 0.335 e. The number of carbonyl (C=O) groups excluding carboxylic acids is 1. The van der Waals surface area contributed by atoms with Gasteiger partial charge in [-0.15, -0.1) is 11.3 Å². The Labute approximate surface area is 151 Å². The van der Waals surface area contributed by atoms with Gasteiger partial charge >= 0.3 is 0 Å². The van der Waals surface area contributed by atoms with Crippen molar-refractivity contribution in [3.63, 3.8) is 0 Å². The third-order valence-electron chi connectivity index (χ3n) is 3.65. The number of nitro groups is 1. The minimum Gasteiger partial charge on any atom is -0.335 e. The third kappa shape index (κ3) is 3.83. The van der Waals surface area contributed by atoms with Crippen LogP contribution in [0.25, 0.3) is 16.3 Å². The summed E-state index contributed by atoms with van der Waals surface area (Å²) in [5, 5.41) is 12.4. The number of nitro benzene ring substituents is 1. The SMILES string of the molecule is CN(Cc1nc2ccsc2c(=O)[nH]1)C(=O)/C=C/c1ccc([N+](=O)[O-])cc1. The van der Waals surface area contributed by atoms with Crippen LogP contribution in [0.2, 0.25) is 0 Å². The third-order valence-corrected chi connectivity index (χ3v) is 4.55. The van der Waals surface area contributed by atoms with E-state index in [1.54, 1.807) is 36.7 Å². The number of nitrogens with one attached hydrogen (secondary N) is 1. The van der Waals surface area contributed by atoms with Crippen molar-refractivity contribution in [2.24, 2.45) is 0 Å². The van der Waals surface area contributed by atoms with Gasteiger partial charge in [-0.3, -0.25) is 19.7 Å². The zero-order chi connectivity index (χ0) is 18.7. The number of benzene rings is 1. The van der Waals surface area contributed by atoms with Gasteiger partial charge in [0.2, 0.25) is 5.91 Å². The van der Waals surface area contributed by atoms with Gasteiger partial charge in [0.25, 0.3) is 11.2 Å². The second-order valence-corrected chi connectivity index (χ2v) is 6.44. The molecule has 0 fully saturated rings. The second kappa shape index (κ2) is 7.28. The molecule has 0 atom stereocenters. The summed E-state index contributed by atoms with van der Waals surface area (Å²) in [6.07, 6.45) is 2.93. The van der Waals surface area contributed by atoms with Crippen molar-refractivity contribution in [2.75, 3.05) is 7.05 Å². The quantitative estimate of drug-likeness (QED) is 0.422. The molecule has 0 aliphatic heterocycles. The van der Waals surface area contributed by atoms with Crippen LogP contribution in [-0.4, -0.2) is 32.7 Å². The average Bonchev–Trinajstić information content (AvgIpc) is 3.09. The lowest BCUT2D eigenvalue weighted by atomic mass is 10.2. The van der Waals surface area contributed by atoms with Crippen molar-refractivity contribution in [1.29, 1.82) is 0 Å². The van der Waals surface area contributed by atoms with Crippen molar-refractivity contribution in [3.05, 3.63) is 73.6 Å². The molecular weight excluding hydrogens is 356 g/mol. The minimum absolute atomic E-state index is 0.00977. The molecular formula is C17H14N4O4S. The first-order valence-corrected chi connectivity index (χ1v) is 8.46. The Bertz CT molecular complexity index is 1050. The number of amides is 1. The minimum atomic E-state index is -0.482. The number of thiophene rings is 1. The molecule has 0 aliphatic carbocycles. The van der Waals surface area contributed by atoms with Crippen LogP contribution < -0.4 is 5.56 Å². The number of aromatic nitrogens is 2. The van der Waals surface area contributed by atoms with E-state index in [1.807, 2.05) is 0 Å². The van der Waals surface area contributed by atoms with Gasteiger partial charge in [0.1, 0.15) is 10.5 Å². The molecule has 3 rings (SSSR count). The number of nitrogens with zero attached hydrogens (tertiary/aromatic N) is 3. The van der Waals surface area contributed by atoms with E-state index in [-0.39, 0.29) is 23.7 Å². The Morgan fingerprint density at radius 1 is 1.35 bits per heavy atom. The van der Waals surface area contributed by atoms with Gasteiger partial charge in [-0.25, -0.2) is 4.98 Å². The summed E-state index contributed by atoms with van der Waals surface area (Å²) in [4.78, 5) is 42.7. The van der Waals surface area contributed by atoms with Crippen molar-refractivity contribution < 1.29 is 9.72 Å². The van der Waals surface area contributed by atoms with Crippen LogP contribution >= 0.6 is 11.3 Å². The van der Waals surface area contributed by atoms with Crippen molar-refractivity contribution in [1.82, 2.24) is 14.9 Å². The van der Waals surface area contributed by atoms with E-state index in [1.165, 1.54) is 34.4 Å². The van der Waals surface area contributed by atoms with E-state index in [0.29, 0.717) is 21.6 Å². The Kier molecular flexibility index (Phi) is 4.90. The predicted molar refractivity (Wildman–Crippen MR) is 98.8 cm³/mol. The van der Waals surface area contributed by atoms with Gasteiger partial charge in [-0.2, -0.15) is 0 Å². The van der Waals surface area contributed by atoms with Crippen molar-refractivity contribution in [2.45, 2.75) is 6.54 Å². The summed E-state index contributed by atoms with van der Waals surface area (Å²) < 4.78 is 0.556. The van der Waals surface area contributed by atoms with Crippen LogP contribution in [-0.2, 0) is 11.3 Å². The Morgan fingerprint density at radius 3 is 2.77 bits per heavy atom. The number of hydrogen-bond acceptors (Lipinski definition) is 6. The maximum absolute atomic E-state index is 12.2. The smallest absolute Gasteiger partial charge is 0.269 e. The van der Waals surface area contributed by atoms with E-state index >= 15 is 0 Å². The highest BCUT2D eigenvalue weighted by Gasteiger charge is 2.10. The number of hydrogen-bond donors (Lipinski definition) is 1. The fraction of sp³-hybridized carbons (Fsp3) is 0.118. The van der Waals surface area contributed by atoms with E-state index in [2.05, 4.69) is 9.97 Å². The molecule has 2 heterocycles. The summed E-state index contributed by atoms with van der Waals surface area (Å²) in [5.74, 6) is 0.122. The number of carbonyl (C=O) groups is 1. The number of H-pyrrole nitrogens is 1. The molecule has 26 heavy (non-hydrogen) atoms. The van der Waals surface area contributed by atoms with E-state index in [4.69, 9.17) is 0 Å². The Hall–Kier alpha value is -3.33. The van der Waals surface area contributed by atoms with Crippen LogP contribution in [0.5, 0.6) is 0 Å². The monoisotopic (exact) mass is 370 g/mol. The van der Waals surface area contributed by atoms with E-state index < -0.39 is 4.92 Å². The molecule has 0 unspecified atom stereocenters. The Morgan fingerprint density at radius 2 is 2.08 bits per heavy atom. The number of likely N-dealkylation sites (N-methyl/N-ethyl adjacent to an activating group) is 1. The molecule has 0 bridgehead atoms. The lowest BCUT2D eigenvalue weighted by molar-refractivity contribution is -0.384. The molecule has 0 spiro atoms. The maximum Gasteiger partial charge on any atom is 0.269 e. The Balaban J connectivity index is 1.68. The topological polar surface area (TPSA) is 109 Å². The molecule has 132 valence electrons.